The number of hydrogen-bond donors (Lipinski definition) is 2. The van der Waals surface area contributed by atoms with Gasteiger partial charge in [-0.05, 0) is 82.6 Å². The Bertz CT molecular complexity index is 1780. The molecule has 0 spiro atoms. The molecule has 1 aromatic heterocycles. The molecule has 282 valence electrons. The third-order valence-corrected chi connectivity index (χ3v) is 7.51. The zero-order valence-electron chi connectivity index (χ0n) is 31.3. The molecule has 2 amide bonds. The van der Waals surface area contributed by atoms with Crippen LogP contribution in [0.25, 0.3) is 10.8 Å². The van der Waals surface area contributed by atoms with E-state index in [9.17, 15) is 28.0 Å². The molecular formula is C42H49ClF2N4O4. The number of Topliss-reactive ketones (excluding diaryl/α,β-unsaturated/α-hetero) is 1. The summed E-state index contributed by atoms with van der Waals surface area (Å²) in [5.41, 5.74) is 2.95. The molecule has 0 saturated heterocycles. The highest BCUT2D eigenvalue weighted by Gasteiger charge is 2.08. The highest BCUT2D eigenvalue weighted by molar-refractivity contribution is 6.31. The molecule has 1 heterocycles. The van der Waals surface area contributed by atoms with Crippen LogP contribution < -0.4 is 10.6 Å². The van der Waals surface area contributed by atoms with Crippen molar-refractivity contribution in [2.75, 3.05) is 20.6 Å². The SMILES string of the molecule is CC(C)=O.CCC(CNC(C)=O)N(C)C.Cc1cc2cc(F)ccc2cn1.O=C(c1ccccc1)c1ccccc1.O=CNCc1cccc(F)c1Cl. The van der Waals surface area contributed by atoms with Crippen LogP contribution in [0.2, 0.25) is 5.02 Å². The van der Waals surface area contributed by atoms with Crippen molar-refractivity contribution in [2.45, 2.75) is 53.6 Å². The van der Waals surface area contributed by atoms with Gasteiger partial charge < -0.3 is 20.3 Å². The van der Waals surface area contributed by atoms with Gasteiger partial charge >= 0.3 is 0 Å². The fraction of sp³-hybridized carbons (Fsp3) is 0.262. The van der Waals surface area contributed by atoms with Gasteiger partial charge in [-0.15, -0.1) is 0 Å². The third kappa shape index (κ3) is 19.2. The third-order valence-electron chi connectivity index (χ3n) is 7.09. The van der Waals surface area contributed by atoms with Crippen molar-refractivity contribution in [3.63, 3.8) is 0 Å². The van der Waals surface area contributed by atoms with Crippen molar-refractivity contribution in [2.24, 2.45) is 0 Å². The van der Waals surface area contributed by atoms with Gasteiger partial charge in [-0.3, -0.25) is 19.4 Å². The minimum Gasteiger partial charge on any atom is -0.355 e. The number of carbonyl (C=O) groups is 4. The Morgan fingerprint density at radius 1 is 0.830 bits per heavy atom. The standard InChI is InChI=1S/C13H10O.C10H8FN.C8H7ClFNO.C8H18N2O.C3H6O/c14-13(11-7-3-1-4-8-11)12-9-5-2-6-10-12;1-7-4-9-5-10(11)3-2-8(9)6-12-7;9-8-6(4-11-5-12)2-1-3-7(8)10;1-5-8(10(3)4)6-9-7(2)11;1-3(2)4/h1-10H;2-6H,1H3;1-3,5H,4H2,(H,11,12);8H,5-6H2,1-4H3,(H,9,11);1-2H3. The summed E-state index contributed by atoms with van der Waals surface area (Å²) in [6.45, 7) is 9.61. The number of nitrogens with one attached hydrogen (secondary N) is 2. The van der Waals surface area contributed by atoms with Gasteiger partial charge in [0.25, 0.3) is 0 Å². The molecule has 0 aliphatic rings. The van der Waals surface area contributed by atoms with Gasteiger partial charge in [-0.2, -0.15) is 0 Å². The minimum absolute atomic E-state index is 0.0466. The summed E-state index contributed by atoms with van der Waals surface area (Å²) in [7, 11) is 4.05. The lowest BCUT2D eigenvalue weighted by Crippen LogP contribution is -2.38. The maximum atomic E-state index is 12.8. The summed E-state index contributed by atoms with van der Waals surface area (Å²) in [6, 6.07) is 30.1. The average Bonchev–Trinajstić information content (AvgIpc) is 3.13. The lowest BCUT2D eigenvalue weighted by Gasteiger charge is -2.22. The summed E-state index contributed by atoms with van der Waals surface area (Å²) in [5.74, 6) is -0.383. The second-order valence-electron chi connectivity index (χ2n) is 12.0. The average molecular weight is 747 g/mol. The van der Waals surface area contributed by atoms with Crippen LogP contribution in [0.1, 0.15) is 61.3 Å². The van der Waals surface area contributed by atoms with Gasteiger partial charge in [0.15, 0.2) is 5.78 Å². The summed E-state index contributed by atoms with van der Waals surface area (Å²) >= 11 is 5.60. The van der Waals surface area contributed by atoms with Crippen molar-refractivity contribution >= 4 is 46.3 Å². The fourth-order valence-corrected chi connectivity index (χ4v) is 4.55. The van der Waals surface area contributed by atoms with E-state index < -0.39 is 5.82 Å². The topological polar surface area (TPSA) is 108 Å². The number of fused-ring (bicyclic) bond motifs is 1. The van der Waals surface area contributed by atoms with Crippen LogP contribution in [0.3, 0.4) is 0 Å². The molecule has 5 rings (SSSR count). The molecule has 8 nitrogen and oxygen atoms in total. The Morgan fingerprint density at radius 3 is 1.89 bits per heavy atom. The van der Waals surface area contributed by atoms with E-state index in [4.69, 9.17) is 11.6 Å². The predicted octanol–water partition coefficient (Wildman–Crippen LogP) is 8.38. The van der Waals surface area contributed by atoms with Gasteiger partial charge in [0.2, 0.25) is 12.3 Å². The quantitative estimate of drug-likeness (QED) is 0.116. The fourth-order valence-electron chi connectivity index (χ4n) is 4.36. The predicted molar refractivity (Wildman–Crippen MR) is 210 cm³/mol. The van der Waals surface area contributed by atoms with Crippen molar-refractivity contribution in [1.29, 1.82) is 0 Å². The van der Waals surface area contributed by atoms with Crippen LogP contribution in [-0.4, -0.2) is 60.4 Å². The Balaban J connectivity index is 0.000000343. The number of pyridine rings is 1. The van der Waals surface area contributed by atoms with Crippen LogP contribution in [0, 0.1) is 18.6 Å². The monoisotopic (exact) mass is 746 g/mol. The Hall–Kier alpha value is -5.32. The van der Waals surface area contributed by atoms with Gasteiger partial charge in [0.05, 0.1) is 5.02 Å². The molecule has 0 aliphatic heterocycles. The van der Waals surface area contributed by atoms with Crippen molar-refractivity contribution < 1.29 is 28.0 Å². The van der Waals surface area contributed by atoms with E-state index in [0.29, 0.717) is 18.0 Å². The van der Waals surface area contributed by atoms with Crippen LogP contribution in [-0.2, 0) is 20.9 Å². The van der Waals surface area contributed by atoms with E-state index in [1.165, 1.54) is 32.0 Å². The molecule has 11 heteroatoms. The number of aromatic nitrogens is 1. The van der Waals surface area contributed by atoms with E-state index >= 15 is 0 Å². The van der Waals surface area contributed by atoms with Crippen LogP contribution in [0.5, 0.6) is 0 Å². The van der Waals surface area contributed by atoms with Crippen LogP contribution in [0.15, 0.2) is 109 Å². The largest absolute Gasteiger partial charge is 0.355 e. The number of rotatable bonds is 9. The van der Waals surface area contributed by atoms with Crippen molar-refractivity contribution in [1.82, 2.24) is 20.5 Å². The highest BCUT2D eigenvalue weighted by atomic mass is 35.5. The summed E-state index contributed by atoms with van der Waals surface area (Å²) < 4.78 is 25.5. The lowest BCUT2D eigenvalue weighted by molar-refractivity contribution is -0.119. The Kier molecular flexibility index (Phi) is 22.1. The number of aryl methyl sites for hydroxylation is 1. The Morgan fingerprint density at radius 2 is 1.40 bits per heavy atom. The van der Waals surface area contributed by atoms with E-state index in [1.54, 1.807) is 31.3 Å². The zero-order chi connectivity index (χ0) is 39.8. The number of ketones is 2. The number of likely N-dealkylation sites (N-methyl/N-ethyl adjacent to an activating group) is 1. The molecular weight excluding hydrogens is 698 g/mol. The molecule has 0 aliphatic carbocycles. The first-order valence-electron chi connectivity index (χ1n) is 16.8. The van der Waals surface area contributed by atoms with Crippen LogP contribution >= 0.6 is 11.6 Å². The second kappa shape index (κ2) is 25.6. The minimum atomic E-state index is -0.470. The van der Waals surface area contributed by atoms with E-state index in [2.05, 4.69) is 27.4 Å². The number of carbonyl (C=O) groups excluding carboxylic acids is 4. The van der Waals surface area contributed by atoms with Crippen LogP contribution in [0.4, 0.5) is 8.78 Å². The molecule has 0 bridgehead atoms. The molecule has 4 aromatic carbocycles. The lowest BCUT2D eigenvalue weighted by atomic mass is 10.0. The summed E-state index contributed by atoms with van der Waals surface area (Å²) in [4.78, 5) is 48.0. The molecule has 5 aromatic rings. The van der Waals surface area contributed by atoms with Crippen molar-refractivity contribution in [3.8, 4) is 0 Å². The maximum Gasteiger partial charge on any atom is 0.216 e. The first-order chi connectivity index (χ1) is 25.2. The molecule has 0 radical (unpaired) electrons. The molecule has 1 unspecified atom stereocenters. The Labute approximate surface area is 316 Å². The number of nitrogens with zero attached hydrogens (tertiary/aromatic N) is 2. The van der Waals surface area contributed by atoms with E-state index in [1.807, 2.05) is 87.7 Å². The number of halogens is 3. The first kappa shape index (κ1) is 45.7. The van der Waals surface area contributed by atoms with Gasteiger partial charge in [-0.1, -0.05) is 91.3 Å². The van der Waals surface area contributed by atoms with E-state index in [0.717, 1.165) is 40.6 Å². The molecule has 2 N–H and O–H groups in total. The highest BCUT2D eigenvalue weighted by Crippen LogP contribution is 2.19. The molecule has 53 heavy (non-hydrogen) atoms. The van der Waals surface area contributed by atoms with Gasteiger partial charge in [0, 0.05) is 54.5 Å². The maximum absolute atomic E-state index is 12.8. The summed E-state index contributed by atoms with van der Waals surface area (Å²) in [5, 5.41) is 7.14. The van der Waals surface area contributed by atoms with Gasteiger partial charge in [0.1, 0.15) is 17.4 Å². The zero-order valence-corrected chi connectivity index (χ0v) is 32.1. The first-order valence-corrected chi connectivity index (χ1v) is 17.2. The molecule has 1 atom stereocenters. The van der Waals surface area contributed by atoms with Crippen molar-refractivity contribution in [3.05, 3.63) is 148 Å². The smallest absolute Gasteiger partial charge is 0.216 e. The second-order valence-corrected chi connectivity index (χ2v) is 12.3. The normalized spacial score (nSPS) is 10.3. The number of hydrogen-bond acceptors (Lipinski definition) is 6. The number of benzene rings is 4. The molecule has 0 fully saturated rings. The summed E-state index contributed by atoms with van der Waals surface area (Å²) in [6.07, 6.45) is 3.36. The number of amides is 2. The van der Waals surface area contributed by atoms with Gasteiger partial charge in [-0.25, -0.2) is 8.78 Å². The molecule has 0 saturated carbocycles. The van der Waals surface area contributed by atoms with E-state index in [-0.39, 0.29) is 34.9 Å².